The molecule has 1 aromatic carbocycles. The number of ether oxygens (including phenoxy) is 1. The van der Waals surface area contributed by atoms with Crippen molar-refractivity contribution in [3.05, 3.63) is 35.4 Å². The summed E-state index contributed by atoms with van der Waals surface area (Å²) >= 11 is 0. The Balaban J connectivity index is 2.25. The molecule has 2 rings (SSSR count). The van der Waals surface area contributed by atoms with Gasteiger partial charge in [0, 0.05) is 12.8 Å². The first kappa shape index (κ1) is 15.5. The summed E-state index contributed by atoms with van der Waals surface area (Å²) in [5, 5.41) is 11.1. The Labute approximate surface area is 123 Å². The van der Waals surface area contributed by atoms with Crippen LogP contribution >= 0.6 is 0 Å². The molecule has 2 unspecified atom stereocenters. The predicted molar refractivity (Wildman–Crippen MR) is 82.8 cm³/mol. The van der Waals surface area contributed by atoms with Gasteiger partial charge in [0.1, 0.15) is 0 Å². The SMILES string of the molecule is CCC1(C)CC(O)(c2cccc(CC(C)C)c2)CCO1. The topological polar surface area (TPSA) is 29.5 Å². The maximum absolute atomic E-state index is 11.1. The summed E-state index contributed by atoms with van der Waals surface area (Å²) in [6.07, 6.45) is 3.36. The molecule has 1 heterocycles. The van der Waals surface area contributed by atoms with Crippen molar-refractivity contribution in [1.82, 2.24) is 0 Å². The molecular weight excluding hydrogens is 248 g/mol. The molecule has 1 aliphatic heterocycles. The van der Waals surface area contributed by atoms with Crippen LogP contribution in [0, 0.1) is 5.92 Å². The molecule has 2 nitrogen and oxygen atoms in total. The maximum atomic E-state index is 11.1. The van der Waals surface area contributed by atoms with E-state index in [9.17, 15) is 5.11 Å². The van der Waals surface area contributed by atoms with E-state index in [0.29, 0.717) is 25.4 Å². The summed E-state index contributed by atoms with van der Waals surface area (Å²) in [5.74, 6) is 0.635. The first-order chi connectivity index (χ1) is 9.37. The largest absolute Gasteiger partial charge is 0.385 e. The molecule has 0 bridgehead atoms. The van der Waals surface area contributed by atoms with Gasteiger partial charge in [0.15, 0.2) is 0 Å². The molecular formula is C18H28O2. The number of aliphatic hydroxyl groups is 1. The quantitative estimate of drug-likeness (QED) is 0.899. The van der Waals surface area contributed by atoms with Gasteiger partial charge in [-0.25, -0.2) is 0 Å². The normalized spacial score (nSPS) is 30.7. The first-order valence-electron chi connectivity index (χ1n) is 7.83. The second-order valence-corrected chi connectivity index (χ2v) is 6.91. The molecule has 1 aliphatic rings. The summed E-state index contributed by atoms with van der Waals surface area (Å²) < 4.78 is 5.87. The van der Waals surface area contributed by atoms with Gasteiger partial charge in [0.2, 0.25) is 0 Å². The van der Waals surface area contributed by atoms with Crippen molar-refractivity contribution in [3.63, 3.8) is 0 Å². The third kappa shape index (κ3) is 3.42. The van der Waals surface area contributed by atoms with Gasteiger partial charge in [-0.2, -0.15) is 0 Å². The van der Waals surface area contributed by atoms with Gasteiger partial charge in [-0.05, 0) is 36.8 Å². The molecule has 0 aliphatic carbocycles. The molecule has 2 heteroatoms. The van der Waals surface area contributed by atoms with E-state index in [0.717, 1.165) is 18.4 Å². The molecule has 1 N–H and O–H groups in total. The lowest BCUT2D eigenvalue weighted by Crippen LogP contribution is -2.45. The van der Waals surface area contributed by atoms with Gasteiger partial charge in [-0.3, -0.25) is 0 Å². The van der Waals surface area contributed by atoms with Crippen LogP contribution in [0.4, 0.5) is 0 Å². The number of benzene rings is 1. The summed E-state index contributed by atoms with van der Waals surface area (Å²) in [6.45, 7) is 9.32. The van der Waals surface area contributed by atoms with Crippen molar-refractivity contribution in [2.45, 2.75) is 64.6 Å². The van der Waals surface area contributed by atoms with Crippen LogP contribution in [0.5, 0.6) is 0 Å². The Kier molecular flexibility index (Phi) is 4.55. The lowest BCUT2D eigenvalue weighted by atomic mass is 9.77. The van der Waals surface area contributed by atoms with Gasteiger partial charge in [-0.1, -0.05) is 45.0 Å². The van der Waals surface area contributed by atoms with E-state index in [1.807, 2.05) is 0 Å². The van der Waals surface area contributed by atoms with Crippen molar-refractivity contribution in [1.29, 1.82) is 0 Å². The fourth-order valence-electron chi connectivity index (χ4n) is 3.16. The summed E-state index contributed by atoms with van der Waals surface area (Å²) in [6, 6.07) is 8.47. The van der Waals surface area contributed by atoms with Crippen molar-refractivity contribution < 1.29 is 9.84 Å². The fraction of sp³-hybridized carbons (Fsp3) is 0.667. The van der Waals surface area contributed by atoms with Crippen LogP contribution in [0.1, 0.15) is 58.1 Å². The minimum atomic E-state index is -0.740. The molecule has 112 valence electrons. The van der Waals surface area contributed by atoms with E-state index in [-0.39, 0.29) is 5.60 Å². The Bertz CT molecular complexity index is 454. The molecule has 0 aromatic heterocycles. The smallest absolute Gasteiger partial charge is 0.0945 e. The Hall–Kier alpha value is -0.860. The molecule has 2 atom stereocenters. The zero-order valence-corrected chi connectivity index (χ0v) is 13.3. The molecule has 1 saturated heterocycles. The van der Waals surface area contributed by atoms with E-state index >= 15 is 0 Å². The zero-order chi connectivity index (χ0) is 14.8. The molecule has 0 radical (unpaired) electrons. The van der Waals surface area contributed by atoms with Crippen LogP contribution in [0.15, 0.2) is 24.3 Å². The van der Waals surface area contributed by atoms with Gasteiger partial charge < -0.3 is 9.84 Å². The van der Waals surface area contributed by atoms with E-state index in [1.54, 1.807) is 0 Å². The van der Waals surface area contributed by atoms with Gasteiger partial charge in [0.05, 0.1) is 17.8 Å². The first-order valence-corrected chi connectivity index (χ1v) is 7.83. The van der Waals surface area contributed by atoms with Crippen LogP contribution in [-0.2, 0) is 16.8 Å². The maximum Gasteiger partial charge on any atom is 0.0945 e. The van der Waals surface area contributed by atoms with Crippen LogP contribution in [-0.4, -0.2) is 17.3 Å². The van der Waals surface area contributed by atoms with E-state index in [4.69, 9.17) is 4.74 Å². The molecule has 0 saturated carbocycles. The number of rotatable bonds is 4. The Morgan fingerprint density at radius 2 is 2.10 bits per heavy atom. The van der Waals surface area contributed by atoms with E-state index in [2.05, 4.69) is 52.0 Å². The minimum absolute atomic E-state index is 0.207. The van der Waals surface area contributed by atoms with Crippen molar-refractivity contribution in [2.75, 3.05) is 6.61 Å². The summed E-state index contributed by atoms with van der Waals surface area (Å²) in [5.41, 5.74) is 1.42. The predicted octanol–water partition coefficient (Wildman–Crippen LogP) is 4.05. The van der Waals surface area contributed by atoms with Crippen molar-refractivity contribution in [2.24, 2.45) is 5.92 Å². The van der Waals surface area contributed by atoms with Gasteiger partial charge >= 0.3 is 0 Å². The Morgan fingerprint density at radius 1 is 1.35 bits per heavy atom. The second kappa shape index (κ2) is 5.87. The van der Waals surface area contributed by atoms with Crippen LogP contribution in [0.25, 0.3) is 0 Å². The minimum Gasteiger partial charge on any atom is -0.385 e. The lowest BCUT2D eigenvalue weighted by Gasteiger charge is -2.43. The molecule has 1 fully saturated rings. The fourth-order valence-corrected chi connectivity index (χ4v) is 3.16. The number of hydrogen-bond donors (Lipinski definition) is 1. The molecule has 0 amide bonds. The summed E-state index contributed by atoms with van der Waals surface area (Å²) in [4.78, 5) is 0. The lowest BCUT2D eigenvalue weighted by molar-refractivity contribution is -0.157. The standard InChI is InChI=1S/C18H28O2/c1-5-17(4)13-18(19,9-10-20-17)16-8-6-7-15(12-16)11-14(2)3/h6-8,12,14,19H,5,9-11,13H2,1-4H3. The van der Waals surface area contributed by atoms with Crippen LogP contribution in [0.3, 0.4) is 0 Å². The molecule has 1 aromatic rings. The van der Waals surface area contributed by atoms with Crippen LogP contribution < -0.4 is 0 Å². The van der Waals surface area contributed by atoms with Gasteiger partial charge in [-0.15, -0.1) is 0 Å². The average molecular weight is 276 g/mol. The highest BCUT2D eigenvalue weighted by Crippen LogP contribution is 2.41. The highest BCUT2D eigenvalue weighted by atomic mass is 16.5. The second-order valence-electron chi connectivity index (χ2n) is 6.91. The van der Waals surface area contributed by atoms with E-state index in [1.165, 1.54) is 5.56 Å². The van der Waals surface area contributed by atoms with Crippen molar-refractivity contribution >= 4 is 0 Å². The Morgan fingerprint density at radius 3 is 2.75 bits per heavy atom. The van der Waals surface area contributed by atoms with E-state index < -0.39 is 5.60 Å². The monoisotopic (exact) mass is 276 g/mol. The van der Waals surface area contributed by atoms with Crippen LogP contribution in [0.2, 0.25) is 0 Å². The zero-order valence-electron chi connectivity index (χ0n) is 13.3. The average Bonchev–Trinajstić information content (AvgIpc) is 2.38. The number of hydrogen-bond acceptors (Lipinski definition) is 2. The summed E-state index contributed by atoms with van der Waals surface area (Å²) in [7, 11) is 0. The molecule has 0 spiro atoms. The highest BCUT2D eigenvalue weighted by Gasteiger charge is 2.42. The van der Waals surface area contributed by atoms with Gasteiger partial charge in [0.25, 0.3) is 0 Å². The highest BCUT2D eigenvalue weighted by molar-refractivity contribution is 5.29. The third-order valence-electron chi connectivity index (χ3n) is 4.49. The van der Waals surface area contributed by atoms with Crippen molar-refractivity contribution in [3.8, 4) is 0 Å². The molecule has 20 heavy (non-hydrogen) atoms. The third-order valence-corrected chi connectivity index (χ3v) is 4.49.